The summed E-state index contributed by atoms with van der Waals surface area (Å²) in [6, 6.07) is 8.36. The summed E-state index contributed by atoms with van der Waals surface area (Å²) in [5.41, 5.74) is 2.59. The van der Waals surface area contributed by atoms with Crippen LogP contribution < -0.4 is 5.32 Å². The average Bonchev–Trinajstić information content (AvgIpc) is 3.46. The van der Waals surface area contributed by atoms with E-state index in [4.69, 9.17) is 4.52 Å². The maximum Gasteiger partial charge on any atom is 0.244 e. The van der Waals surface area contributed by atoms with Crippen LogP contribution in [0, 0.1) is 12.8 Å². The van der Waals surface area contributed by atoms with Crippen LogP contribution >= 0.6 is 0 Å². The molecule has 2 N–H and O–H groups in total. The summed E-state index contributed by atoms with van der Waals surface area (Å²) in [4.78, 5) is 25.6. The number of H-pyrrole nitrogens is 1. The number of carbonyl (C=O) groups excluding carboxylic acids is 1. The molecular weight excluding hydrogens is 408 g/mol. The van der Waals surface area contributed by atoms with Crippen molar-refractivity contribution in [2.24, 2.45) is 5.92 Å². The second kappa shape index (κ2) is 10.0. The van der Waals surface area contributed by atoms with Crippen LogP contribution in [-0.4, -0.2) is 73.8 Å². The Balaban J connectivity index is 1.28. The van der Waals surface area contributed by atoms with Gasteiger partial charge in [-0.25, -0.2) is 4.98 Å². The molecule has 1 aliphatic heterocycles. The van der Waals surface area contributed by atoms with E-state index in [-0.39, 0.29) is 24.4 Å². The van der Waals surface area contributed by atoms with Crippen molar-refractivity contribution in [3.05, 3.63) is 47.6 Å². The monoisotopic (exact) mass is 438 g/mol. The molecule has 1 aromatic carbocycles. The van der Waals surface area contributed by atoms with Crippen LogP contribution in [-0.2, 0) is 11.3 Å². The van der Waals surface area contributed by atoms with Crippen LogP contribution in [0.1, 0.15) is 36.9 Å². The first-order chi connectivity index (χ1) is 15.5. The molecule has 0 aliphatic carbocycles. The van der Waals surface area contributed by atoms with Gasteiger partial charge < -0.3 is 9.42 Å². The molecule has 0 saturated carbocycles. The van der Waals surface area contributed by atoms with E-state index in [1.54, 1.807) is 0 Å². The number of benzene rings is 1. The predicted molar refractivity (Wildman–Crippen MR) is 118 cm³/mol. The fourth-order valence-corrected chi connectivity index (χ4v) is 3.91. The SMILES string of the molecule is Cc1cccc(CN2CCN(C(=O)CN[C@@H](c3nc(-c4ncn[nH]4)no3)C(C)C)CC2)c1. The van der Waals surface area contributed by atoms with Crippen molar-refractivity contribution >= 4 is 5.91 Å². The number of rotatable bonds is 8. The van der Waals surface area contributed by atoms with Crippen LogP contribution in [0.3, 0.4) is 0 Å². The molecule has 2 aromatic heterocycles. The van der Waals surface area contributed by atoms with Gasteiger partial charge in [-0.2, -0.15) is 10.1 Å². The Morgan fingerprint density at radius 1 is 1.25 bits per heavy atom. The van der Waals surface area contributed by atoms with Crippen molar-refractivity contribution in [1.82, 2.24) is 40.4 Å². The third-order valence-corrected chi connectivity index (χ3v) is 5.69. The molecule has 1 amide bonds. The molecule has 1 aliphatic rings. The number of carbonyl (C=O) groups is 1. The van der Waals surface area contributed by atoms with Crippen molar-refractivity contribution < 1.29 is 9.32 Å². The highest BCUT2D eigenvalue weighted by atomic mass is 16.5. The van der Waals surface area contributed by atoms with Crippen molar-refractivity contribution in [2.75, 3.05) is 32.7 Å². The summed E-state index contributed by atoms with van der Waals surface area (Å²) in [5, 5.41) is 13.8. The topological polar surface area (TPSA) is 116 Å². The smallest absolute Gasteiger partial charge is 0.244 e. The lowest BCUT2D eigenvalue weighted by atomic mass is 10.0. The first kappa shape index (κ1) is 22.1. The van der Waals surface area contributed by atoms with Crippen LogP contribution in [0.2, 0.25) is 0 Å². The Morgan fingerprint density at radius 2 is 2.06 bits per heavy atom. The molecule has 0 spiro atoms. The molecule has 0 bridgehead atoms. The van der Waals surface area contributed by atoms with E-state index < -0.39 is 0 Å². The number of hydrogen-bond donors (Lipinski definition) is 2. The molecule has 170 valence electrons. The lowest BCUT2D eigenvalue weighted by molar-refractivity contribution is -0.132. The van der Waals surface area contributed by atoms with Crippen LogP contribution in [0.4, 0.5) is 0 Å². The number of aryl methyl sites for hydroxylation is 1. The number of nitrogens with one attached hydrogen (secondary N) is 2. The summed E-state index contributed by atoms with van der Waals surface area (Å²) in [7, 11) is 0. The van der Waals surface area contributed by atoms with Crippen LogP contribution in [0.5, 0.6) is 0 Å². The first-order valence-electron chi connectivity index (χ1n) is 11.0. The molecule has 1 fully saturated rings. The molecule has 10 nitrogen and oxygen atoms in total. The zero-order valence-corrected chi connectivity index (χ0v) is 18.8. The molecule has 0 unspecified atom stereocenters. The molecule has 32 heavy (non-hydrogen) atoms. The normalized spacial score (nSPS) is 15.9. The lowest BCUT2D eigenvalue weighted by Crippen LogP contribution is -2.50. The highest BCUT2D eigenvalue weighted by Crippen LogP contribution is 2.22. The van der Waals surface area contributed by atoms with E-state index in [2.05, 4.69) is 66.7 Å². The minimum Gasteiger partial charge on any atom is -0.339 e. The standard InChI is InChI=1S/C22H30N8O2/c1-15(2)19(22-26-21(28-32-22)20-24-14-25-27-20)23-12-18(31)30-9-7-29(8-10-30)13-17-6-4-5-16(3)11-17/h4-6,11,14-15,19,23H,7-10,12-13H2,1-3H3,(H,24,25,27)/t19-/m1/s1. The van der Waals surface area contributed by atoms with Gasteiger partial charge in [0.25, 0.3) is 0 Å². The number of hydrogen-bond acceptors (Lipinski definition) is 8. The first-order valence-corrected chi connectivity index (χ1v) is 11.0. The number of piperazine rings is 1. The number of nitrogens with zero attached hydrogens (tertiary/aromatic N) is 6. The third-order valence-electron chi connectivity index (χ3n) is 5.69. The largest absolute Gasteiger partial charge is 0.339 e. The Kier molecular flexibility index (Phi) is 6.91. The van der Waals surface area contributed by atoms with Gasteiger partial charge in [0.05, 0.1) is 12.6 Å². The van der Waals surface area contributed by atoms with E-state index in [0.717, 1.165) is 32.7 Å². The molecule has 4 rings (SSSR count). The van der Waals surface area contributed by atoms with Crippen molar-refractivity contribution in [3.8, 4) is 11.6 Å². The highest BCUT2D eigenvalue weighted by Gasteiger charge is 2.26. The fraction of sp³-hybridized carbons (Fsp3) is 0.500. The zero-order valence-electron chi connectivity index (χ0n) is 18.8. The van der Waals surface area contributed by atoms with Gasteiger partial charge in [-0.05, 0) is 18.4 Å². The van der Waals surface area contributed by atoms with Gasteiger partial charge in [0.1, 0.15) is 6.33 Å². The van der Waals surface area contributed by atoms with Gasteiger partial charge in [-0.3, -0.25) is 20.1 Å². The third kappa shape index (κ3) is 5.38. The number of aromatic amines is 1. The molecule has 10 heteroatoms. The quantitative estimate of drug-likeness (QED) is 0.547. The van der Waals surface area contributed by atoms with E-state index in [0.29, 0.717) is 17.5 Å². The van der Waals surface area contributed by atoms with Crippen molar-refractivity contribution in [1.29, 1.82) is 0 Å². The fourth-order valence-electron chi connectivity index (χ4n) is 3.91. The summed E-state index contributed by atoms with van der Waals surface area (Å²) < 4.78 is 5.43. The summed E-state index contributed by atoms with van der Waals surface area (Å²) in [5.74, 6) is 1.48. The maximum atomic E-state index is 12.8. The van der Waals surface area contributed by atoms with Gasteiger partial charge >= 0.3 is 0 Å². The Hall–Kier alpha value is -3.11. The highest BCUT2D eigenvalue weighted by molar-refractivity contribution is 5.78. The molecule has 1 atom stereocenters. The summed E-state index contributed by atoms with van der Waals surface area (Å²) >= 11 is 0. The lowest BCUT2D eigenvalue weighted by Gasteiger charge is -2.35. The predicted octanol–water partition coefficient (Wildman–Crippen LogP) is 1.79. The second-order valence-corrected chi connectivity index (χ2v) is 8.54. The van der Waals surface area contributed by atoms with Gasteiger partial charge in [0.2, 0.25) is 17.6 Å². The molecule has 3 aromatic rings. The maximum absolute atomic E-state index is 12.8. The van der Waals surface area contributed by atoms with E-state index in [9.17, 15) is 4.79 Å². The molecule has 3 heterocycles. The second-order valence-electron chi connectivity index (χ2n) is 8.54. The number of amides is 1. The van der Waals surface area contributed by atoms with E-state index in [1.807, 2.05) is 18.7 Å². The minimum atomic E-state index is -0.231. The van der Waals surface area contributed by atoms with Gasteiger partial charge in [-0.15, -0.1) is 0 Å². The van der Waals surface area contributed by atoms with Gasteiger partial charge in [-0.1, -0.05) is 48.8 Å². The van der Waals surface area contributed by atoms with Gasteiger partial charge in [0.15, 0.2) is 5.82 Å². The number of aromatic nitrogens is 5. The Bertz CT molecular complexity index is 1010. The molecule has 1 saturated heterocycles. The van der Waals surface area contributed by atoms with Crippen LogP contribution in [0.25, 0.3) is 11.6 Å². The van der Waals surface area contributed by atoms with E-state index in [1.165, 1.54) is 17.5 Å². The average molecular weight is 439 g/mol. The zero-order chi connectivity index (χ0) is 22.5. The van der Waals surface area contributed by atoms with Crippen molar-refractivity contribution in [2.45, 2.75) is 33.4 Å². The van der Waals surface area contributed by atoms with Crippen LogP contribution in [0.15, 0.2) is 35.1 Å². The molecular formula is C22H30N8O2. The summed E-state index contributed by atoms with van der Waals surface area (Å²) in [6.45, 7) is 10.6. The van der Waals surface area contributed by atoms with Crippen molar-refractivity contribution in [3.63, 3.8) is 0 Å². The molecule has 0 radical (unpaired) electrons. The van der Waals surface area contributed by atoms with E-state index >= 15 is 0 Å². The Labute approximate surface area is 187 Å². The van der Waals surface area contributed by atoms with Gasteiger partial charge in [0, 0.05) is 32.7 Å². The summed E-state index contributed by atoms with van der Waals surface area (Å²) in [6.07, 6.45) is 1.39. The minimum absolute atomic E-state index is 0.0841. The Morgan fingerprint density at radius 3 is 2.75 bits per heavy atom.